The Labute approximate surface area is 160 Å². The quantitative estimate of drug-likeness (QED) is 0.416. The van der Waals surface area contributed by atoms with E-state index in [0.717, 1.165) is 51.4 Å². The van der Waals surface area contributed by atoms with Crippen LogP contribution >= 0.6 is 0 Å². The van der Waals surface area contributed by atoms with Gasteiger partial charge in [-0.15, -0.1) is 0 Å². The lowest BCUT2D eigenvalue weighted by Gasteiger charge is -2.23. The van der Waals surface area contributed by atoms with Gasteiger partial charge < -0.3 is 30.2 Å². The van der Waals surface area contributed by atoms with Gasteiger partial charge in [-0.25, -0.2) is 0 Å². The number of anilines is 1. The van der Waals surface area contributed by atoms with Crippen LogP contribution in [0.15, 0.2) is 24.3 Å². The van der Waals surface area contributed by atoms with Gasteiger partial charge in [0.2, 0.25) is 5.91 Å². The van der Waals surface area contributed by atoms with E-state index in [-0.39, 0.29) is 12.1 Å². The van der Waals surface area contributed by atoms with Crippen molar-refractivity contribution >= 4 is 17.6 Å². The largest absolute Gasteiger partial charge is 0.544 e. The van der Waals surface area contributed by atoms with Gasteiger partial charge in [0.15, 0.2) is 0 Å². The smallest absolute Gasteiger partial charge is 0.416 e. The number of carbonyl (C=O) groups is 2. The predicted octanol–water partition coefficient (Wildman–Crippen LogP) is -1.98. The first-order valence-electron chi connectivity index (χ1n) is 9.18. The highest BCUT2D eigenvalue weighted by atomic mass is 19.4. The summed E-state index contributed by atoms with van der Waals surface area (Å²) in [5.41, 5.74) is -0.924. The van der Waals surface area contributed by atoms with E-state index in [1.165, 1.54) is 22.3 Å². The van der Waals surface area contributed by atoms with E-state index in [9.17, 15) is 27.9 Å². The van der Waals surface area contributed by atoms with Crippen molar-refractivity contribution in [1.29, 1.82) is 0 Å². The van der Waals surface area contributed by atoms with Gasteiger partial charge in [0.25, 0.3) is 0 Å². The number of carbonyl (C=O) groups excluding carboxylic acids is 2. The third kappa shape index (κ3) is 7.45. The molecule has 2 rings (SSSR count). The fourth-order valence-electron chi connectivity index (χ4n) is 3.03. The number of ether oxygens (including phenoxy) is 1. The summed E-state index contributed by atoms with van der Waals surface area (Å²) in [6.07, 6.45) is -4.14. The van der Waals surface area contributed by atoms with Crippen LogP contribution in [-0.2, 0) is 20.5 Å². The topological polar surface area (TPSA) is 99.5 Å². The fraction of sp³-hybridized carbons (Fsp3) is 0.556. The second-order valence-corrected chi connectivity index (χ2v) is 6.75. The average Bonchev–Trinajstić information content (AvgIpc) is 2.64. The van der Waals surface area contributed by atoms with E-state index in [1.54, 1.807) is 0 Å². The van der Waals surface area contributed by atoms with Gasteiger partial charge in [0.05, 0.1) is 44.3 Å². The second kappa shape index (κ2) is 10.4. The van der Waals surface area contributed by atoms with Gasteiger partial charge in [-0.2, -0.15) is 13.2 Å². The number of amides is 1. The minimum absolute atomic E-state index is 0.0344. The number of quaternary nitrogens is 2. The first kappa shape index (κ1) is 22.1. The lowest BCUT2D eigenvalue weighted by molar-refractivity contribution is -0.909. The molecule has 10 heteroatoms. The molecule has 1 heterocycles. The van der Waals surface area contributed by atoms with Crippen molar-refractivity contribution < 1.29 is 42.8 Å². The van der Waals surface area contributed by atoms with Crippen LogP contribution in [0.5, 0.6) is 0 Å². The Bertz CT molecular complexity index is 664. The zero-order valence-corrected chi connectivity index (χ0v) is 15.4. The molecule has 0 aromatic heterocycles. The first-order chi connectivity index (χ1) is 13.3. The van der Waals surface area contributed by atoms with E-state index < -0.39 is 29.7 Å². The molecule has 0 unspecified atom stereocenters. The van der Waals surface area contributed by atoms with Crippen LogP contribution in [0.4, 0.5) is 18.9 Å². The molecular weight excluding hydrogens is 379 g/mol. The molecule has 1 aromatic rings. The van der Waals surface area contributed by atoms with Crippen LogP contribution in [0.25, 0.3) is 0 Å². The maximum absolute atomic E-state index is 12.7. The first-order valence-corrected chi connectivity index (χ1v) is 9.18. The van der Waals surface area contributed by atoms with Crippen molar-refractivity contribution in [3.05, 3.63) is 29.8 Å². The van der Waals surface area contributed by atoms with Gasteiger partial charge >= 0.3 is 6.18 Å². The maximum Gasteiger partial charge on any atom is 0.416 e. The van der Waals surface area contributed by atoms with E-state index in [1.807, 2.05) is 0 Å². The van der Waals surface area contributed by atoms with Gasteiger partial charge in [-0.1, -0.05) is 6.07 Å². The number of nitrogens with one attached hydrogen (secondary N) is 2. The summed E-state index contributed by atoms with van der Waals surface area (Å²) < 4.78 is 43.4. The molecule has 1 aliphatic heterocycles. The molecule has 156 valence electrons. The Morgan fingerprint density at radius 1 is 1.29 bits per heavy atom. The summed E-state index contributed by atoms with van der Waals surface area (Å²) in [7, 11) is 0. The monoisotopic (exact) mass is 404 g/mol. The lowest BCUT2D eigenvalue weighted by Crippen LogP contribution is -3.14. The molecule has 1 aliphatic rings. The number of carboxylic acids is 1. The Morgan fingerprint density at radius 3 is 2.64 bits per heavy atom. The maximum atomic E-state index is 12.7. The van der Waals surface area contributed by atoms with Crippen LogP contribution in [0.3, 0.4) is 0 Å². The fourth-order valence-corrected chi connectivity index (χ4v) is 3.03. The van der Waals surface area contributed by atoms with Crippen LogP contribution in [0.2, 0.25) is 0 Å². The Hall–Kier alpha value is -2.17. The molecule has 1 aromatic carbocycles. The summed E-state index contributed by atoms with van der Waals surface area (Å²) in [5.74, 6) is -2.05. The number of nitrogens with two attached hydrogens (primary N) is 1. The highest BCUT2D eigenvalue weighted by Gasteiger charge is 2.30. The molecule has 1 fully saturated rings. The molecule has 0 aliphatic carbocycles. The number of aliphatic carboxylic acids is 1. The average molecular weight is 404 g/mol. The normalized spacial score (nSPS) is 16.5. The molecule has 1 amide bonds. The van der Waals surface area contributed by atoms with Crippen LogP contribution in [0, 0.1) is 0 Å². The van der Waals surface area contributed by atoms with E-state index in [0.29, 0.717) is 6.54 Å². The van der Waals surface area contributed by atoms with E-state index >= 15 is 0 Å². The highest BCUT2D eigenvalue weighted by molar-refractivity contribution is 5.93. The number of benzene rings is 1. The third-order valence-corrected chi connectivity index (χ3v) is 4.57. The Kier molecular flexibility index (Phi) is 8.21. The molecule has 0 saturated carbocycles. The standard InChI is InChI=1S/C18H24F3N3O4/c19-18(20,21)13-3-1-4-14(11-13)23-16(25)12-15(17(26)27)22-5-2-6-24-7-9-28-10-8-24/h1,3-4,11,15,22H,2,5-10,12H2,(H,23,25)(H,26,27)/p+1/t15-/m0/s1. The molecular formula is C18H25F3N3O4+. The molecule has 7 nitrogen and oxygen atoms in total. The van der Waals surface area contributed by atoms with Crippen molar-refractivity contribution in [2.24, 2.45) is 0 Å². The number of carboxylic acid groups (broad SMARTS) is 1. The Balaban J connectivity index is 1.79. The molecule has 28 heavy (non-hydrogen) atoms. The number of halogens is 3. The van der Waals surface area contributed by atoms with Crippen LogP contribution in [0.1, 0.15) is 18.4 Å². The molecule has 1 atom stereocenters. The summed E-state index contributed by atoms with van der Waals surface area (Å²) in [6, 6.07) is 3.10. The van der Waals surface area contributed by atoms with Gasteiger partial charge in [-0.3, -0.25) is 4.79 Å². The molecule has 4 N–H and O–H groups in total. The number of morpholine rings is 1. The van der Waals surface area contributed by atoms with E-state index in [4.69, 9.17) is 4.74 Å². The number of hydrogen-bond acceptors (Lipinski definition) is 4. The Morgan fingerprint density at radius 2 is 2.00 bits per heavy atom. The van der Waals surface area contributed by atoms with Gasteiger partial charge in [0, 0.05) is 12.1 Å². The van der Waals surface area contributed by atoms with Crippen molar-refractivity contribution in [2.75, 3.05) is 44.7 Å². The van der Waals surface area contributed by atoms with Gasteiger partial charge in [0.1, 0.15) is 19.1 Å². The van der Waals surface area contributed by atoms with Crippen molar-refractivity contribution in [3.63, 3.8) is 0 Å². The molecule has 0 bridgehead atoms. The van der Waals surface area contributed by atoms with Crippen molar-refractivity contribution in [3.8, 4) is 0 Å². The number of alkyl halides is 3. The number of rotatable bonds is 9. The summed E-state index contributed by atoms with van der Waals surface area (Å²) in [6.45, 7) is 4.68. The van der Waals surface area contributed by atoms with E-state index in [2.05, 4.69) is 5.32 Å². The minimum atomic E-state index is -4.52. The van der Waals surface area contributed by atoms with Gasteiger partial charge in [-0.05, 0) is 18.2 Å². The zero-order valence-electron chi connectivity index (χ0n) is 15.4. The van der Waals surface area contributed by atoms with Crippen molar-refractivity contribution in [2.45, 2.75) is 25.1 Å². The summed E-state index contributed by atoms with van der Waals surface area (Å²) in [5, 5.41) is 15.1. The second-order valence-electron chi connectivity index (χ2n) is 6.75. The predicted molar refractivity (Wildman–Crippen MR) is 91.3 cm³/mol. The minimum Gasteiger partial charge on any atom is -0.544 e. The van der Waals surface area contributed by atoms with Crippen LogP contribution < -0.4 is 20.6 Å². The third-order valence-electron chi connectivity index (χ3n) is 4.57. The lowest BCUT2D eigenvalue weighted by atomic mass is 10.1. The summed E-state index contributed by atoms with van der Waals surface area (Å²) in [4.78, 5) is 24.7. The molecule has 0 spiro atoms. The molecule has 0 radical (unpaired) electrons. The zero-order chi connectivity index (χ0) is 20.6. The number of hydrogen-bond donors (Lipinski definition) is 3. The SMILES string of the molecule is O=C(C[C@H]([NH2+]CCC[NH+]1CCOCC1)C(=O)[O-])Nc1cccc(C(F)(F)F)c1. The van der Waals surface area contributed by atoms with Crippen LogP contribution in [-0.4, -0.2) is 57.3 Å². The molecule has 1 saturated heterocycles. The summed E-state index contributed by atoms with van der Waals surface area (Å²) >= 11 is 0. The van der Waals surface area contributed by atoms with Crippen molar-refractivity contribution in [1.82, 2.24) is 0 Å². The highest BCUT2D eigenvalue weighted by Crippen LogP contribution is 2.30.